The lowest BCUT2D eigenvalue weighted by molar-refractivity contribution is 0.191. The molecule has 2 rings (SSSR count). The Morgan fingerprint density at radius 3 is 2.89 bits per heavy atom. The molecular weight excluding hydrogens is 226 g/mol. The fourth-order valence-corrected chi connectivity index (χ4v) is 2.66. The molecular formula is C14H23N3O. The molecule has 0 aliphatic carbocycles. The van der Waals surface area contributed by atoms with E-state index in [9.17, 15) is 5.11 Å². The molecule has 1 aliphatic heterocycles. The minimum atomic E-state index is -0.465. The van der Waals surface area contributed by atoms with Gasteiger partial charge in [0.25, 0.3) is 0 Å². The number of likely N-dealkylation sites (N-methyl/N-ethyl adjacent to an activating group) is 1. The largest absolute Gasteiger partial charge is 0.389 e. The fourth-order valence-electron chi connectivity index (χ4n) is 2.66. The van der Waals surface area contributed by atoms with E-state index < -0.39 is 6.10 Å². The maximum atomic E-state index is 9.82. The van der Waals surface area contributed by atoms with Crippen molar-refractivity contribution >= 4 is 5.82 Å². The summed E-state index contributed by atoms with van der Waals surface area (Å²) in [6.07, 6.45) is 1.34. The molecule has 1 aliphatic rings. The van der Waals surface area contributed by atoms with Crippen LogP contribution in [0.25, 0.3) is 0 Å². The first-order chi connectivity index (χ1) is 8.63. The van der Waals surface area contributed by atoms with Gasteiger partial charge in [-0.3, -0.25) is 4.90 Å². The van der Waals surface area contributed by atoms with E-state index in [-0.39, 0.29) is 0 Å². The van der Waals surface area contributed by atoms with Gasteiger partial charge in [-0.1, -0.05) is 13.0 Å². The second kappa shape index (κ2) is 5.67. The molecule has 1 N–H and O–H groups in total. The molecule has 0 spiro atoms. The second-order valence-electron chi connectivity index (χ2n) is 5.02. The van der Waals surface area contributed by atoms with Crippen molar-refractivity contribution < 1.29 is 5.11 Å². The van der Waals surface area contributed by atoms with Crippen molar-refractivity contribution in [2.75, 3.05) is 31.1 Å². The highest BCUT2D eigenvalue weighted by Crippen LogP contribution is 2.25. The smallest absolute Gasteiger partial charge is 0.134 e. The zero-order valence-corrected chi connectivity index (χ0v) is 11.5. The van der Waals surface area contributed by atoms with Crippen molar-refractivity contribution in [3.63, 3.8) is 0 Å². The summed E-state index contributed by atoms with van der Waals surface area (Å²) in [6, 6.07) is 4.38. The molecule has 1 fully saturated rings. The van der Waals surface area contributed by atoms with Crippen molar-refractivity contribution in [2.24, 2.45) is 0 Å². The lowest BCUT2D eigenvalue weighted by atomic mass is 10.1. The van der Waals surface area contributed by atoms with Crippen LogP contribution >= 0.6 is 0 Å². The number of anilines is 1. The predicted octanol–water partition coefficient (Wildman–Crippen LogP) is 1.67. The number of aromatic nitrogens is 1. The first kappa shape index (κ1) is 13.3. The van der Waals surface area contributed by atoms with Gasteiger partial charge in [0.2, 0.25) is 0 Å². The third kappa shape index (κ3) is 2.65. The SMILES string of the molecule is CCN1CCN(c2ncccc2[C@@H](C)O)CC1C. The van der Waals surface area contributed by atoms with Crippen molar-refractivity contribution in [3.05, 3.63) is 23.9 Å². The Kier molecular flexibility index (Phi) is 4.19. The Bertz CT molecular complexity index is 394. The first-order valence-electron chi connectivity index (χ1n) is 6.75. The lowest BCUT2D eigenvalue weighted by Gasteiger charge is -2.40. The fraction of sp³-hybridized carbons (Fsp3) is 0.643. The maximum Gasteiger partial charge on any atom is 0.134 e. The van der Waals surface area contributed by atoms with E-state index in [1.807, 2.05) is 12.1 Å². The van der Waals surface area contributed by atoms with Crippen LogP contribution in [0.5, 0.6) is 0 Å². The average molecular weight is 249 g/mol. The topological polar surface area (TPSA) is 39.6 Å². The van der Waals surface area contributed by atoms with E-state index >= 15 is 0 Å². The number of hydrogen-bond donors (Lipinski definition) is 1. The molecule has 18 heavy (non-hydrogen) atoms. The number of piperazine rings is 1. The van der Waals surface area contributed by atoms with Gasteiger partial charge in [0.05, 0.1) is 6.10 Å². The molecule has 0 bridgehead atoms. The zero-order chi connectivity index (χ0) is 13.1. The van der Waals surface area contributed by atoms with E-state index in [0.29, 0.717) is 6.04 Å². The summed E-state index contributed by atoms with van der Waals surface area (Å²) >= 11 is 0. The van der Waals surface area contributed by atoms with E-state index in [1.54, 1.807) is 13.1 Å². The molecule has 100 valence electrons. The highest BCUT2D eigenvalue weighted by molar-refractivity contribution is 5.48. The quantitative estimate of drug-likeness (QED) is 0.884. The lowest BCUT2D eigenvalue weighted by Crippen LogP contribution is -2.52. The third-order valence-corrected chi connectivity index (χ3v) is 3.74. The van der Waals surface area contributed by atoms with Crippen molar-refractivity contribution in [3.8, 4) is 0 Å². The Balaban J connectivity index is 2.18. The van der Waals surface area contributed by atoms with Gasteiger partial charge in [-0.15, -0.1) is 0 Å². The number of aliphatic hydroxyl groups excluding tert-OH is 1. The van der Waals surface area contributed by atoms with E-state index in [2.05, 4.69) is 28.6 Å². The molecule has 1 aromatic rings. The highest BCUT2D eigenvalue weighted by Gasteiger charge is 2.25. The molecule has 0 amide bonds. The van der Waals surface area contributed by atoms with Gasteiger partial charge in [0.1, 0.15) is 5.82 Å². The van der Waals surface area contributed by atoms with Crippen molar-refractivity contribution in [2.45, 2.75) is 32.9 Å². The van der Waals surface area contributed by atoms with Crippen LogP contribution in [0.1, 0.15) is 32.4 Å². The number of aliphatic hydroxyl groups is 1. The number of hydrogen-bond acceptors (Lipinski definition) is 4. The third-order valence-electron chi connectivity index (χ3n) is 3.74. The Morgan fingerprint density at radius 1 is 1.50 bits per heavy atom. The zero-order valence-electron chi connectivity index (χ0n) is 11.5. The van der Waals surface area contributed by atoms with Crippen molar-refractivity contribution in [1.82, 2.24) is 9.88 Å². The van der Waals surface area contributed by atoms with Gasteiger partial charge in [0.15, 0.2) is 0 Å². The van der Waals surface area contributed by atoms with Gasteiger partial charge < -0.3 is 10.0 Å². The number of pyridine rings is 1. The molecule has 0 aromatic carbocycles. The standard InChI is InChI=1S/C14H23N3O/c1-4-16-8-9-17(10-11(16)2)14-13(12(3)18)6-5-7-15-14/h5-7,11-12,18H,4,8-10H2,1-3H3/t11?,12-/m1/s1. The highest BCUT2D eigenvalue weighted by atomic mass is 16.3. The molecule has 2 heterocycles. The van der Waals surface area contributed by atoms with Crippen LogP contribution in [0.4, 0.5) is 5.82 Å². The molecule has 4 heteroatoms. The Morgan fingerprint density at radius 2 is 2.28 bits per heavy atom. The van der Waals surface area contributed by atoms with Crippen LogP contribution in [-0.2, 0) is 0 Å². The summed E-state index contributed by atoms with van der Waals surface area (Å²) in [7, 11) is 0. The number of nitrogens with zero attached hydrogens (tertiary/aromatic N) is 3. The molecule has 4 nitrogen and oxygen atoms in total. The van der Waals surface area contributed by atoms with Gasteiger partial charge in [-0.05, 0) is 26.5 Å². The summed E-state index contributed by atoms with van der Waals surface area (Å²) in [5.74, 6) is 0.940. The second-order valence-corrected chi connectivity index (χ2v) is 5.02. The van der Waals surface area contributed by atoms with E-state index in [0.717, 1.165) is 37.6 Å². The summed E-state index contributed by atoms with van der Waals surface area (Å²) in [5.41, 5.74) is 0.926. The molecule has 1 aromatic heterocycles. The summed E-state index contributed by atoms with van der Waals surface area (Å²) in [6.45, 7) is 10.4. The normalized spacial score (nSPS) is 23.1. The molecule has 0 radical (unpaired) electrons. The van der Waals surface area contributed by atoms with Crippen LogP contribution in [0.15, 0.2) is 18.3 Å². The van der Waals surface area contributed by atoms with Crippen LogP contribution in [0, 0.1) is 0 Å². The Labute approximate surface area is 109 Å². The average Bonchev–Trinajstić information content (AvgIpc) is 2.38. The predicted molar refractivity (Wildman–Crippen MR) is 73.8 cm³/mol. The van der Waals surface area contributed by atoms with Crippen LogP contribution < -0.4 is 4.90 Å². The van der Waals surface area contributed by atoms with Crippen LogP contribution in [-0.4, -0.2) is 47.2 Å². The monoisotopic (exact) mass is 249 g/mol. The summed E-state index contributed by atoms with van der Waals surface area (Å²) < 4.78 is 0. The Hall–Kier alpha value is -1.13. The minimum absolute atomic E-state index is 0.465. The maximum absolute atomic E-state index is 9.82. The van der Waals surface area contributed by atoms with Gasteiger partial charge in [-0.25, -0.2) is 4.98 Å². The van der Waals surface area contributed by atoms with Crippen LogP contribution in [0.3, 0.4) is 0 Å². The van der Waals surface area contributed by atoms with E-state index in [4.69, 9.17) is 0 Å². The first-order valence-corrected chi connectivity index (χ1v) is 6.75. The van der Waals surface area contributed by atoms with Crippen LogP contribution in [0.2, 0.25) is 0 Å². The van der Waals surface area contributed by atoms with Crippen molar-refractivity contribution in [1.29, 1.82) is 0 Å². The van der Waals surface area contributed by atoms with Gasteiger partial charge in [0, 0.05) is 37.4 Å². The molecule has 1 unspecified atom stereocenters. The molecule has 0 saturated carbocycles. The molecule has 2 atom stereocenters. The van der Waals surface area contributed by atoms with E-state index in [1.165, 1.54) is 0 Å². The summed E-state index contributed by atoms with van der Waals surface area (Å²) in [5, 5.41) is 9.82. The molecule has 1 saturated heterocycles. The van der Waals surface area contributed by atoms with Gasteiger partial charge >= 0.3 is 0 Å². The number of rotatable bonds is 3. The summed E-state index contributed by atoms with van der Waals surface area (Å²) in [4.78, 5) is 9.22. The van der Waals surface area contributed by atoms with Gasteiger partial charge in [-0.2, -0.15) is 0 Å². The minimum Gasteiger partial charge on any atom is -0.389 e.